The van der Waals surface area contributed by atoms with E-state index in [4.69, 9.17) is 4.42 Å². The van der Waals surface area contributed by atoms with Gasteiger partial charge in [0.1, 0.15) is 5.76 Å². The van der Waals surface area contributed by atoms with Gasteiger partial charge < -0.3 is 9.73 Å². The van der Waals surface area contributed by atoms with E-state index in [1.807, 2.05) is 24.6 Å². The monoisotopic (exact) mass is 286 g/mol. The molecule has 0 unspecified atom stereocenters. The third kappa shape index (κ3) is 2.90. The maximum absolute atomic E-state index is 5.38. The number of nitrogens with one attached hydrogen (secondary N) is 1. The van der Waals surface area contributed by atoms with Crippen LogP contribution in [-0.4, -0.2) is 4.98 Å². The van der Waals surface area contributed by atoms with Gasteiger partial charge in [-0.05, 0) is 35.0 Å². The van der Waals surface area contributed by atoms with E-state index in [9.17, 15) is 0 Å². The molecule has 0 fully saturated rings. The number of hydrogen-bond donors (Lipinski definition) is 1. The van der Waals surface area contributed by atoms with Gasteiger partial charge in [-0.15, -0.1) is 11.3 Å². The predicted octanol–water partition coefficient (Wildman–Crippen LogP) is 3.10. The van der Waals surface area contributed by atoms with Crippen LogP contribution < -0.4 is 5.32 Å². The average molecular weight is 287 g/mol. The van der Waals surface area contributed by atoms with Gasteiger partial charge in [-0.1, -0.05) is 0 Å². The number of thiazole rings is 1. The second-order valence-corrected chi connectivity index (χ2v) is 4.89. The van der Waals surface area contributed by atoms with Crippen LogP contribution in [0.4, 0.5) is 0 Å². The molecule has 2 aromatic rings. The number of furan rings is 1. The molecular weight excluding hydrogens is 276 g/mol. The summed E-state index contributed by atoms with van der Waals surface area (Å²) in [5.74, 6) is 0.934. The topological polar surface area (TPSA) is 38.1 Å². The van der Waals surface area contributed by atoms with Gasteiger partial charge in [-0.2, -0.15) is 0 Å². The zero-order valence-electron chi connectivity index (χ0n) is 8.29. The van der Waals surface area contributed by atoms with Crippen molar-refractivity contribution in [2.45, 2.75) is 20.0 Å². The molecule has 0 radical (unpaired) electrons. The molecule has 0 aliphatic heterocycles. The van der Waals surface area contributed by atoms with Gasteiger partial charge >= 0.3 is 0 Å². The Morgan fingerprint density at radius 1 is 1.47 bits per heavy atom. The molecule has 5 heteroatoms. The minimum atomic E-state index is 0.739. The summed E-state index contributed by atoms with van der Waals surface area (Å²) < 4.78 is 6.15. The highest BCUT2D eigenvalue weighted by atomic mass is 79.9. The SMILES string of the molecule is Cc1ncsc1CNCc1ccc(Br)o1. The molecule has 15 heavy (non-hydrogen) atoms. The van der Waals surface area contributed by atoms with Crippen LogP contribution in [0.15, 0.2) is 26.7 Å². The summed E-state index contributed by atoms with van der Waals surface area (Å²) in [6, 6.07) is 3.85. The van der Waals surface area contributed by atoms with Gasteiger partial charge in [-0.25, -0.2) is 4.98 Å². The number of halogens is 1. The Morgan fingerprint density at radius 2 is 2.33 bits per heavy atom. The zero-order valence-corrected chi connectivity index (χ0v) is 10.7. The van der Waals surface area contributed by atoms with E-state index in [1.54, 1.807) is 11.3 Å². The summed E-state index contributed by atoms with van der Waals surface area (Å²) in [6.45, 7) is 3.61. The highest BCUT2D eigenvalue weighted by Crippen LogP contribution is 2.15. The highest BCUT2D eigenvalue weighted by molar-refractivity contribution is 9.10. The van der Waals surface area contributed by atoms with Crippen LogP contribution in [-0.2, 0) is 13.1 Å². The Bertz CT molecular complexity index is 438. The molecule has 0 amide bonds. The summed E-state index contributed by atoms with van der Waals surface area (Å²) in [4.78, 5) is 5.47. The first kappa shape index (κ1) is 10.9. The third-order valence-corrected chi connectivity index (χ3v) is 3.42. The molecular formula is C10H11BrN2OS. The summed E-state index contributed by atoms with van der Waals surface area (Å²) in [7, 11) is 0. The highest BCUT2D eigenvalue weighted by Gasteiger charge is 2.02. The summed E-state index contributed by atoms with van der Waals surface area (Å²) >= 11 is 4.95. The largest absolute Gasteiger partial charge is 0.453 e. The van der Waals surface area contributed by atoms with Crippen LogP contribution in [0.25, 0.3) is 0 Å². The summed E-state index contributed by atoms with van der Waals surface area (Å²) in [5, 5.41) is 3.31. The first-order chi connectivity index (χ1) is 7.25. The molecule has 2 aromatic heterocycles. The Kier molecular flexibility index (Phi) is 3.56. The number of nitrogens with zero attached hydrogens (tertiary/aromatic N) is 1. The lowest BCUT2D eigenvalue weighted by Gasteiger charge is -2.00. The fraction of sp³-hybridized carbons (Fsp3) is 0.300. The third-order valence-electron chi connectivity index (χ3n) is 2.06. The smallest absolute Gasteiger partial charge is 0.169 e. The van der Waals surface area contributed by atoms with Crippen molar-refractivity contribution in [1.29, 1.82) is 0 Å². The number of hydrogen-bond acceptors (Lipinski definition) is 4. The normalized spacial score (nSPS) is 10.8. The first-order valence-electron chi connectivity index (χ1n) is 4.59. The van der Waals surface area contributed by atoms with Gasteiger partial charge in [0.2, 0.25) is 0 Å². The van der Waals surface area contributed by atoms with E-state index in [0.29, 0.717) is 0 Å². The fourth-order valence-electron chi connectivity index (χ4n) is 1.24. The Balaban J connectivity index is 1.83. The van der Waals surface area contributed by atoms with Crippen LogP contribution in [0, 0.1) is 6.92 Å². The molecule has 0 spiro atoms. The van der Waals surface area contributed by atoms with Crippen molar-refractivity contribution in [2.75, 3.05) is 0 Å². The van der Waals surface area contributed by atoms with Crippen molar-refractivity contribution in [3.8, 4) is 0 Å². The van der Waals surface area contributed by atoms with Gasteiger partial charge in [0, 0.05) is 11.4 Å². The summed E-state index contributed by atoms with van der Waals surface area (Å²) in [6.07, 6.45) is 0. The molecule has 80 valence electrons. The van der Waals surface area contributed by atoms with Crippen LogP contribution >= 0.6 is 27.3 Å². The van der Waals surface area contributed by atoms with Crippen molar-refractivity contribution in [3.05, 3.63) is 38.6 Å². The van der Waals surface area contributed by atoms with Gasteiger partial charge in [-0.3, -0.25) is 0 Å². The number of rotatable bonds is 4. The molecule has 0 aliphatic carbocycles. The fourth-order valence-corrected chi connectivity index (χ4v) is 2.33. The van der Waals surface area contributed by atoms with Gasteiger partial charge in [0.15, 0.2) is 4.67 Å². The van der Waals surface area contributed by atoms with E-state index >= 15 is 0 Å². The van der Waals surface area contributed by atoms with E-state index in [2.05, 4.69) is 26.2 Å². The molecule has 1 N–H and O–H groups in total. The van der Waals surface area contributed by atoms with E-state index < -0.39 is 0 Å². The lowest BCUT2D eigenvalue weighted by atomic mass is 10.4. The molecule has 0 bridgehead atoms. The van der Waals surface area contributed by atoms with Crippen LogP contribution in [0.2, 0.25) is 0 Å². The Morgan fingerprint density at radius 3 is 2.93 bits per heavy atom. The van der Waals surface area contributed by atoms with Gasteiger partial charge in [0.05, 0.1) is 17.7 Å². The molecule has 0 aromatic carbocycles. The maximum Gasteiger partial charge on any atom is 0.169 e. The van der Waals surface area contributed by atoms with Crippen molar-refractivity contribution < 1.29 is 4.42 Å². The second kappa shape index (κ2) is 4.92. The van der Waals surface area contributed by atoms with E-state index in [0.717, 1.165) is 29.2 Å². The standard InChI is InChI=1S/C10H11BrN2OS/c1-7-9(15-6-13-7)5-12-4-8-2-3-10(11)14-8/h2-3,6,12H,4-5H2,1H3. The Hall–Kier alpha value is -0.650. The Labute approximate surface area is 101 Å². The zero-order chi connectivity index (χ0) is 10.7. The van der Waals surface area contributed by atoms with Crippen molar-refractivity contribution in [1.82, 2.24) is 10.3 Å². The van der Waals surface area contributed by atoms with E-state index in [1.165, 1.54) is 4.88 Å². The molecule has 0 saturated carbocycles. The van der Waals surface area contributed by atoms with Crippen LogP contribution in [0.3, 0.4) is 0 Å². The van der Waals surface area contributed by atoms with Crippen molar-refractivity contribution in [3.63, 3.8) is 0 Å². The van der Waals surface area contributed by atoms with Crippen LogP contribution in [0.1, 0.15) is 16.3 Å². The maximum atomic E-state index is 5.38. The number of aromatic nitrogens is 1. The molecule has 0 aliphatic rings. The molecule has 0 atom stereocenters. The lowest BCUT2D eigenvalue weighted by molar-refractivity contribution is 0.465. The second-order valence-electron chi connectivity index (χ2n) is 3.17. The predicted molar refractivity (Wildman–Crippen MR) is 63.8 cm³/mol. The summed E-state index contributed by atoms with van der Waals surface area (Å²) in [5.41, 5.74) is 2.98. The molecule has 2 heterocycles. The van der Waals surface area contributed by atoms with E-state index in [-0.39, 0.29) is 0 Å². The minimum absolute atomic E-state index is 0.739. The lowest BCUT2D eigenvalue weighted by Crippen LogP contribution is -2.11. The average Bonchev–Trinajstić information content (AvgIpc) is 2.77. The van der Waals surface area contributed by atoms with Crippen molar-refractivity contribution >= 4 is 27.3 Å². The molecule has 0 saturated heterocycles. The number of aryl methyl sites for hydroxylation is 1. The molecule has 2 rings (SSSR count). The first-order valence-corrected chi connectivity index (χ1v) is 6.27. The van der Waals surface area contributed by atoms with Crippen molar-refractivity contribution in [2.24, 2.45) is 0 Å². The quantitative estimate of drug-likeness (QED) is 0.939. The molecule has 3 nitrogen and oxygen atoms in total. The minimum Gasteiger partial charge on any atom is -0.453 e. The van der Waals surface area contributed by atoms with Gasteiger partial charge in [0.25, 0.3) is 0 Å². The van der Waals surface area contributed by atoms with Crippen LogP contribution in [0.5, 0.6) is 0 Å².